The maximum Gasteiger partial charge on any atom is 0.144 e. The van der Waals surface area contributed by atoms with Gasteiger partial charge in [0.1, 0.15) is 5.78 Å². The van der Waals surface area contributed by atoms with Crippen molar-refractivity contribution in [3.63, 3.8) is 0 Å². The maximum atomic E-state index is 12.3. The second-order valence-corrected chi connectivity index (χ2v) is 4.87. The van der Waals surface area contributed by atoms with E-state index in [4.69, 9.17) is 5.73 Å². The summed E-state index contributed by atoms with van der Waals surface area (Å²) in [6.45, 7) is 2.68. The Kier molecular flexibility index (Phi) is 3.89. The summed E-state index contributed by atoms with van der Waals surface area (Å²) >= 11 is 0. The quantitative estimate of drug-likeness (QED) is 0.845. The van der Waals surface area contributed by atoms with Gasteiger partial charge in [-0.2, -0.15) is 0 Å². The minimum atomic E-state index is 0.0268. The Morgan fingerprint density at radius 3 is 3.24 bits per heavy atom. The van der Waals surface area contributed by atoms with E-state index < -0.39 is 0 Å². The first-order valence-corrected chi connectivity index (χ1v) is 6.41. The van der Waals surface area contributed by atoms with E-state index in [-0.39, 0.29) is 11.8 Å². The average Bonchev–Trinajstić information content (AvgIpc) is 2.78. The maximum absolute atomic E-state index is 12.3. The Morgan fingerprint density at radius 2 is 2.47 bits per heavy atom. The Morgan fingerprint density at radius 1 is 1.65 bits per heavy atom. The van der Waals surface area contributed by atoms with Gasteiger partial charge in [-0.1, -0.05) is 13.0 Å². The molecule has 2 rings (SSSR count). The molecule has 2 unspecified atom stereocenters. The minimum absolute atomic E-state index is 0.0268. The molecule has 0 saturated heterocycles. The van der Waals surface area contributed by atoms with Crippen molar-refractivity contribution in [2.75, 3.05) is 6.54 Å². The molecule has 3 nitrogen and oxygen atoms in total. The number of fused-ring (bicyclic) bond motifs is 1. The SMILES string of the molecule is CC(CCCN)C(=O)C1CCc2cccnc21. The Labute approximate surface area is 102 Å². The van der Waals surface area contributed by atoms with Gasteiger partial charge in [0, 0.05) is 12.1 Å². The van der Waals surface area contributed by atoms with Gasteiger partial charge in [-0.3, -0.25) is 9.78 Å². The molecule has 1 aliphatic carbocycles. The molecular formula is C14H20N2O. The molecule has 1 heterocycles. The van der Waals surface area contributed by atoms with Gasteiger partial charge in [-0.15, -0.1) is 0 Å². The van der Waals surface area contributed by atoms with Crippen LogP contribution in [0.5, 0.6) is 0 Å². The molecule has 2 atom stereocenters. The summed E-state index contributed by atoms with van der Waals surface area (Å²) in [7, 11) is 0. The summed E-state index contributed by atoms with van der Waals surface area (Å²) < 4.78 is 0. The van der Waals surface area contributed by atoms with Gasteiger partial charge >= 0.3 is 0 Å². The molecule has 0 bridgehead atoms. The molecule has 0 aromatic carbocycles. The van der Waals surface area contributed by atoms with Crippen molar-refractivity contribution in [3.8, 4) is 0 Å². The number of ketones is 1. The van der Waals surface area contributed by atoms with Gasteiger partial charge in [-0.05, 0) is 43.9 Å². The van der Waals surface area contributed by atoms with Crippen molar-refractivity contribution >= 4 is 5.78 Å². The number of Topliss-reactive ketones (excluding diaryl/α,β-unsaturated/α-hetero) is 1. The van der Waals surface area contributed by atoms with Gasteiger partial charge in [0.15, 0.2) is 0 Å². The lowest BCUT2D eigenvalue weighted by molar-refractivity contribution is -0.124. The first-order chi connectivity index (χ1) is 8.24. The molecule has 1 aromatic rings. The van der Waals surface area contributed by atoms with E-state index in [2.05, 4.69) is 11.1 Å². The summed E-state index contributed by atoms with van der Waals surface area (Å²) in [6, 6.07) is 4.03. The van der Waals surface area contributed by atoms with Gasteiger partial charge in [0.05, 0.1) is 11.6 Å². The molecule has 17 heavy (non-hydrogen) atoms. The zero-order valence-electron chi connectivity index (χ0n) is 10.4. The predicted octanol–water partition coefficient (Wildman–Crippen LogP) is 2.06. The second-order valence-electron chi connectivity index (χ2n) is 4.87. The second kappa shape index (κ2) is 5.41. The number of nitrogens with two attached hydrogens (primary N) is 1. The summed E-state index contributed by atoms with van der Waals surface area (Å²) in [5.74, 6) is 0.478. The lowest BCUT2D eigenvalue weighted by atomic mass is 9.89. The zero-order chi connectivity index (χ0) is 12.3. The average molecular weight is 232 g/mol. The van der Waals surface area contributed by atoms with Crippen molar-refractivity contribution in [3.05, 3.63) is 29.6 Å². The number of carbonyl (C=O) groups is 1. The van der Waals surface area contributed by atoms with Crippen molar-refractivity contribution in [1.82, 2.24) is 4.98 Å². The number of pyridine rings is 1. The summed E-state index contributed by atoms with van der Waals surface area (Å²) in [5.41, 5.74) is 7.74. The highest BCUT2D eigenvalue weighted by atomic mass is 16.1. The van der Waals surface area contributed by atoms with Crippen LogP contribution in [0.2, 0.25) is 0 Å². The summed E-state index contributed by atoms with van der Waals surface area (Å²) in [4.78, 5) is 16.7. The summed E-state index contributed by atoms with van der Waals surface area (Å²) in [5, 5.41) is 0. The Balaban J connectivity index is 2.07. The number of nitrogens with zero attached hydrogens (tertiary/aromatic N) is 1. The third-order valence-electron chi connectivity index (χ3n) is 3.63. The zero-order valence-corrected chi connectivity index (χ0v) is 10.4. The molecule has 2 N–H and O–H groups in total. The molecule has 1 aromatic heterocycles. The molecule has 0 amide bonds. The van der Waals surface area contributed by atoms with Crippen LogP contribution in [0.25, 0.3) is 0 Å². The van der Waals surface area contributed by atoms with Gasteiger partial charge in [0.25, 0.3) is 0 Å². The predicted molar refractivity (Wildman–Crippen MR) is 67.8 cm³/mol. The standard InChI is InChI=1S/C14H20N2O/c1-10(4-2-8-15)14(17)12-7-6-11-5-3-9-16-13(11)12/h3,5,9-10,12H,2,4,6-8,15H2,1H3. The van der Waals surface area contributed by atoms with E-state index in [1.165, 1.54) is 5.56 Å². The van der Waals surface area contributed by atoms with E-state index in [1.807, 2.05) is 13.0 Å². The highest BCUT2D eigenvalue weighted by Crippen LogP contribution is 2.34. The number of aryl methyl sites for hydroxylation is 1. The van der Waals surface area contributed by atoms with Crippen LogP contribution in [0, 0.1) is 5.92 Å². The van der Waals surface area contributed by atoms with Crippen LogP contribution in [0.4, 0.5) is 0 Å². The fourth-order valence-corrected chi connectivity index (χ4v) is 2.60. The number of rotatable bonds is 5. The number of hydrogen-bond acceptors (Lipinski definition) is 3. The fourth-order valence-electron chi connectivity index (χ4n) is 2.60. The smallest absolute Gasteiger partial charge is 0.144 e. The van der Waals surface area contributed by atoms with Gasteiger partial charge < -0.3 is 5.73 Å². The van der Waals surface area contributed by atoms with E-state index in [9.17, 15) is 4.79 Å². The van der Waals surface area contributed by atoms with Gasteiger partial charge in [-0.25, -0.2) is 0 Å². The van der Waals surface area contributed by atoms with E-state index in [0.29, 0.717) is 12.3 Å². The number of aromatic nitrogens is 1. The van der Waals surface area contributed by atoms with Crippen LogP contribution in [-0.2, 0) is 11.2 Å². The van der Waals surface area contributed by atoms with Crippen molar-refractivity contribution in [2.45, 2.75) is 38.5 Å². The third-order valence-corrected chi connectivity index (χ3v) is 3.63. The molecule has 0 aliphatic heterocycles. The molecule has 0 fully saturated rings. The van der Waals surface area contributed by atoms with Crippen LogP contribution in [0.3, 0.4) is 0 Å². The highest BCUT2D eigenvalue weighted by molar-refractivity contribution is 5.88. The van der Waals surface area contributed by atoms with Crippen molar-refractivity contribution < 1.29 is 4.79 Å². The topological polar surface area (TPSA) is 56.0 Å². The van der Waals surface area contributed by atoms with Gasteiger partial charge in [0.2, 0.25) is 0 Å². The van der Waals surface area contributed by atoms with Crippen LogP contribution in [-0.4, -0.2) is 17.3 Å². The monoisotopic (exact) mass is 232 g/mol. The molecule has 0 spiro atoms. The van der Waals surface area contributed by atoms with Crippen LogP contribution in [0.1, 0.15) is 43.4 Å². The Bertz CT molecular complexity index is 403. The Hall–Kier alpha value is -1.22. The summed E-state index contributed by atoms with van der Waals surface area (Å²) in [6.07, 6.45) is 5.53. The largest absolute Gasteiger partial charge is 0.330 e. The first kappa shape index (κ1) is 12.2. The van der Waals surface area contributed by atoms with Crippen molar-refractivity contribution in [2.24, 2.45) is 11.7 Å². The fraction of sp³-hybridized carbons (Fsp3) is 0.571. The van der Waals surface area contributed by atoms with E-state index >= 15 is 0 Å². The minimum Gasteiger partial charge on any atom is -0.330 e. The van der Waals surface area contributed by atoms with E-state index in [1.54, 1.807) is 6.20 Å². The molecule has 1 aliphatic rings. The molecule has 92 valence electrons. The third kappa shape index (κ3) is 2.55. The number of carbonyl (C=O) groups excluding carboxylic acids is 1. The molecule has 3 heteroatoms. The van der Waals surface area contributed by atoms with Crippen LogP contribution < -0.4 is 5.73 Å². The molecule has 0 radical (unpaired) electrons. The normalized spacial score (nSPS) is 20.0. The van der Waals surface area contributed by atoms with Crippen molar-refractivity contribution in [1.29, 1.82) is 0 Å². The highest BCUT2D eigenvalue weighted by Gasteiger charge is 2.31. The lowest BCUT2D eigenvalue weighted by Crippen LogP contribution is -2.20. The first-order valence-electron chi connectivity index (χ1n) is 6.41. The lowest BCUT2D eigenvalue weighted by Gasteiger charge is -2.15. The van der Waals surface area contributed by atoms with E-state index in [0.717, 1.165) is 31.4 Å². The van der Waals surface area contributed by atoms with Crippen LogP contribution in [0.15, 0.2) is 18.3 Å². The van der Waals surface area contributed by atoms with Crippen LogP contribution >= 0.6 is 0 Å². The number of hydrogen-bond donors (Lipinski definition) is 1. The molecular weight excluding hydrogens is 212 g/mol. The molecule has 0 saturated carbocycles.